The molecule has 3 aromatic carbocycles. The van der Waals surface area contributed by atoms with Gasteiger partial charge in [-0.25, -0.2) is 0 Å². The molecule has 0 saturated carbocycles. The van der Waals surface area contributed by atoms with Crippen molar-refractivity contribution >= 4 is 29.3 Å². The zero-order chi connectivity index (χ0) is 25.0. The van der Waals surface area contributed by atoms with Crippen molar-refractivity contribution in [3.63, 3.8) is 0 Å². The third-order valence-electron chi connectivity index (χ3n) is 5.30. The van der Waals surface area contributed by atoms with E-state index in [9.17, 15) is 22.8 Å². The van der Waals surface area contributed by atoms with E-state index in [4.69, 9.17) is 0 Å². The smallest absolute Gasteiger partial charge is 0.322 e. The number of carbonyl (C=O) groups is 2. The summed E-state index contributed by atoms with van der Waals surface area (Å²) in [7, 11) is 0. The Balaban J connectivity index is 1.96. The fourth-order valence-electron chi connectivity index (χ4n) is 3.46. The molecule has 0 aliphatic carbocycles. The Labute approximate surface area is 196 Å². The van der Waals surface area contributed by atoms with E-state index in [-0.39, 0.29) is 11.1 Å². The molecule has 0 aliphatic rings. The van der Waals surface area contributed by atoms with Gasteiger partial charge in [-0.15, -0.1) is 0 Å². The number of halogens is 3. The number of hydrogen-bond donors (Lipinski definition) is 2. The molecule has 0 aromatic heterocycles. The Kier molecular flexibility index (Phi) is 7.25. The molecule has 0 spiro atoms. The van der Waals surface area contributed by atoms with Gasteiger partial charge in [-0.2, -0.15) is 13.2 Å². The Bertz CT molecular complexity index is 1190. The molecule has 0 bridgehead atoms. The minimum Gasteiger partial charge on any atom is -0.322 e. The molecule has 176 valence electrons. The van der Waals surface area contributed by atoms with Gasteiger partial charge in [-0.3, -0.25) is 9.59 Å². The average Bonchev–Trinajstić information content (AvgIpc) is 2.75. The second kappa shape index (κ2) is 9.95. The summed E-state index contributed by atoms with van der Waals surface area (Å²) in [6.45, 7) is 7.51. The van der Waals surface area contributed by atoms with Gasteiger partial charge in [0.15, 0.2) is 0 Å². The van der Waals surface area contributed by atoms with E-state index >= 15 is 0 Å². The SMILES string of the molecule is Cc1ccc(NC(=O)C(=Cc2ccc(C(F)(F)F)cc2)C(=O)Nc2ccc(C)cc2C)c(C)c1. The molecule has 34 heavy (non-hydrogen) atoms. The number of aryl methyl sites for hydroxylation is 4. The van der Waals surface area contributed by atoms with Crippen molar-refractivity contribution in [1.82, 2.24) is 0 Å². The number of carbonyl (C=O) groups excluding carboxylic acids is 2. The first-order chi connectivity index (χ1) is 15.9. The standard InChI is InChI=1S/C27H25F3N2O2/c1-16-5-11-23(18(3)13-16)31-25(33)22(15-20-7-9-21(10-8-20)27(28,29)30)26(34)32-24-12-6-17(2)14-19(24)4/h5-15H,1-4H3,(H,31,33)(H,32,34). The Morgan fingerprint density at radius 3 is 1.53 bits per heavy atom. The van der Waals surface area contributed by atoms with E-state index in [1.54, 1.807) is 12.1 Å². The zero-order valence-corrected chi connectivity index (χ0v) is 19.3. The second-order valence-corrected chi connectivity index (χ2v) is 8.22. The summed E-state index contributed by atoms with van der Waals surface area (Å²) >= 11 is 0. The third-order valence-corrected chi connectivity index (χ3v) is 5.30. The second-order valence-electron chi connectivity index (χ2n) is 8.22. The van der Waals surface area contributed by atoms with Crippen molar-refractivity contribution in [3.05, 3.63) is 99.6 Å². The summed E-state index contributed by atoms with van der Waals surface area (Å²) in [6, 6.07) is 15.2. The number of rotatable bonds is 5. The number of nitrogens with one attached hydrogen (secondary N) is 2. The van der Waals surface area contributed by atoms with E-state index in [1.165, 1.54) is 18.2 Å². The lowest BCUT2D eigenvalue weighted by atomic mass is 10.1. The molecule has 4 nitrogen and oxygen atoms in total. The molecule has 0 fully saturated rings. The molecule has 0 saturated heterocycles. The Morgan fingerprint density at radius 1 is 0.706 bits per heavy atom. The van der Waals surface area contributed by atoms with Gasteiger partial charge >= 0.3 is 6.18 Å². The summed E-state index contributed by atoms with van der Waals surface area (Å²) in [5.41, 5.74) is 3.97. The van der Waals surface area contributed by atoms with E-state index in [1.807, 2.05) is 52.0 Å². The number of amides is 2. The largest absolute Gasteiger partial charge is 0.416 e. The van der Waals surface area contributed by atoms with Gasteiger partial charge in [0.25, 0.3) is 11.8 Å². The molecular formula is C27H25F3N2O2. The highest BCUT2D eigenvalue weighted by Gasteiger charge is 2.30. The third kappa shape index (κ3) is 6.13. The van der Waals surface area contributed by atoms with Crippen molar-refractivity contribution in [1.29, 1.82) is 0 Å². The maximum atomic E-state index is 13.1. The maximum absolute atomic E-state index is 13.1. The van der Waals surface area contributed by atoms with Gasteiger partial charge in [-0.1, -0.05) is 47.5 Å². The highest BCUT2D eigenvalue weighted by Crippen LogP contribution is 2.29. The van der Waals surface area contributed by atoms with Crippen molar-refractivity contribution in [2.24, 2.45) is 0 Å². The predicted molar refractivity (Wildman–Crippen MR) is 129 cm³/mol. The van der Waals surface area contributed by atoms with Crippen LogP contribution in [0.15, 0.2) is 66.2 Å². The van der Waals surface area contributed by atoms with Crippen LogP contribution >= 0.6 is 0 Å². The van der Waals surface area contributed by atoms with Crippen molar-refractivity contribution in [2.75, 3.05) is 10.6 Å². The Hall–Kier alpha value is -3.87. The van der Waals surface area contributed by atoms with Crippen LogP contribution in [0.5, 0.6) is 0 Å². The molecule has 0 atom stereocenters. The molecule has 0 unspecified atom stereocenters. The minimum atomic E-state index is -4.48. The van der Waals surface area contributed by atoms with Crippen LogP contribution < -0.4 is 10.6 Å². The molecule has 3 rings (SSSR count). The molecule has 2 N–H and O–H groups in total. The van der Waals surface area contributed by atoms with Crippen molar-refractivity contribution < 1.29 is 22.8 Å². The van der Waals surface area contributed by atoms with Gasteiger partial charge < -0.3 is 10.6 Å². The fraction of sp³-hybridized carbons (Fsp3) is 0.185. The lowest BCUT2D eigenvalue weighted by molar-refractivity contribution is -0.137. The van der Waals surface area contributed by atoms with E-state index in [2.05, 4.69) is 10.6 Å². The topological polar surface area (TPSA) is 58.2 Å². The van der Waals surface area contributed by atoms with Crippen LogP contribution in [0.25, 0.3) is 6.08 Å². The van der Waals surface area contributed by atoms with Crippen LogP contribution in [0.3, 0.4) is 0 Å². The summed E-state index contributed by atoms with van der Waals surface area (Å²) in [6.07, 6.45) is -3.20. The van der Waals surface area contributed by atoms with E-state index < -0.39 is 23.6 Å². The monoisotopic (exact) mass is 466 g/mol. The summed E-state index contributed by atoms with van der Waals surface area (Å²) in [4.78, 5) is 26.3. The van der Waals surface area contributed by atoms with Crippen LogP contribution in [-0.2, 0) is 15.8 Å². The quantitative estimate of drug-likeness (QED) is 0.253. The van der Waals surface area contributed by atoms with Crippen molar-refractivity contribution in [3.8, 4) is 0 Å². The highest BCUT2D eigenvalue weighted by atomic mass is 19.4. The molecule has 7 heteroatoms. The van der Waals surface area contributed by atoms with Crippen LogP contribution in [0.4, 0.5) is 24.5 Å². The lowest BCUT2D eigenvalue weighted by Gasteiger charge is -2.14. The molecule has 0 radical (unpaired) electrons. The molecule has 0 aliphatic heterocycles. The van der Waals surface area contributed by atoms with Crippen molar-refractivity contribution in [2.45, 2.75) is 33.9 Å². The lowest BCUT2D eigenvalue weighted by Crippen LogP contribution is -2.26. The highest BCUT2D eigenvalue weighted by molar-refractivity contribution is 6.29. The number of anilines is 2. The minimum absolute atomic E-state index is 0.236. The van der Waals surface area contributed by atoms with E-state index in [0.717, 1.165) is 34.4 Å². The van der Waals surface area contributed by atoms with Crippen LogP contribution in [0.1, 0.15) is 33.4 Å². The van der Waals surface area contributed by atoms with Gasteiger partial charge in [0.1, 0.15) is 5.57 Å². The maximum Gasteiger partial charge on any atom is 0.416 e. The molecular weight excluding hydrogens is 441 g/mol. The van der Waals surface area contributed by atoms with E-state index in [0.29, 0.717) is 11.4 Å². The number of alkyl halides is 3. The Morgan fingerprint density at radius 2 is 1.15 bits per heavy atom. The summed E-state index contributed by atoms with van der Waals surface area (Å²) in [5, 5.41) is 5.47. The van der Waals surface area contributed by atoms with Gasteiger partial charge in [0.05, 0.1) is 5.56 Å². The normalized spacial score (nSPS) is 11.0. The molecule has 3 aromatic rings. The summed E-state index contributed by atoms with van der Waals surface area (Å²) < 4.78 is 38.7. The predicted octanol–water partition coefficient (Wildman–Crippen LogP) is 6.60. The first kappa shape index (κ1) is 24.8. The first-order valence-corrected chi connectivity index (χ1v) is 10.6. The van der Waals surface area contributed by atoms with Crippen LogP contribution in [0.2, 0.25) is 0 Å². The number of hydrogen-bond acceptors (Lipinski definition) is 2. The van der Waals surface area contributed by atoms with Gasteiger partial charge in [0.2, 0.25) is 0 Å². The first-order valence-electron chi connectivity index (χ1n) is 10.6. The van der Waals surface area contributed by atoms with Crippen LogP contribution in [0, 0.1) is 27.7 Å². The zero-order valence-electron chi connectivity index (χ0n) is 19.3. The molecule has 2 amide bonds. The average molecular weight is 467 g/mol. The van der Waals surface area contributed by atoms with Crippen LogP contribution in [-0.4, -0.2) is 11.8 Å². The number of benzene rings is 3. The van der Waals surface area contributed by atoms with Gasteiger partial charge in [0, 0.05) is 11.4 Å². The fourth-order valence-corrected chi connectivity index (χ4v) is 3.46. The van der Waals surface area contributed by atoms with Gasteiger partial charge in [-0.05, 0) is 74.7 Å². The summed E-state index contributed by atoms with van der Waals surface area (Å²) in [5.74, 6) is -1.34. The molecule has 0 heterocycles.